The standard InChI is InChI=1S/C21H24N2O/c1-3-7-18(8-4-1)16-24-22-21(19-9-5-2-6-10-19)20-15-17-11-13-23(20)14-12-17/h1-10,17,20H,11-16H2/b22-21+. The van der Waals surface area contributed by atoms with Crippen molar-refractivity contribution in [1.29, 1.82) is 0 Å². The number of hydrogen-bond donors (Lipinski definition) is 0. The van der Waals surface area contributed by atoms with E-state index in [4.69, 9.17) is 4.84 Å². The fraction of sp³-hybridized carbons (Fsp3) is 0.381. The van der Waals surface area contributed by atoms with Gasteiger partial charge in [0.05, 0.1) is 6.04 Å². The lowest BCUT2D eigenvalue weighted by Crippen LogP contribution is -2.52. The molecule has 2 aromatic carbocycles. The summed E-state index contributed by atoms with van der Waals surface area (Å²) in [4.78, 5) is 8.34. The zero-order valence-corrected chi connectivity index (χ0v) is 14.0. The predicted octanol–water partition coefficient (Wildman–Crippen LogP) is 4.09. The topological polar surface area (TPSA) is 24.8 Å². The van der Waals surface area contributed by atoms with Crippen LogP contribution in [0.2, 0.25) is 0 Å². The van der Waals surface area contributed by atoms with E-state index < -0.39 is 0 Å². The normalized spacial score (nSPS) is 26.3. The van der Waals surface area contributed by atoms with Gasteiger partial charge in [-0.3, -0.25) is 4.90 Å². The van der Waals surface area contributed by atoms with Gasteiger partial charge in [0.2, 0.25) is 0 Å². The van der Waals surface area contributed by atoms with Crippen LogP contribution < -0.4 is 0 Å². The second kappa shape index (κ2) is 7.18. The van der Waals surface area contributed by atoms with Crippen molar-refractivity contribution in [3.8, 4) is 0 Å². The SMILES string of the molecule is c1ccc(CO/N=C(\c2ccccc2)C2CC3CCN2CC3)cc1. The molecule has 3 saturated heterocycles. The largest absolute Gasteiger partial charge is 0.391 e. The third-order valence-electron chi connectivity index (χ3n) is 5.27. The Morgan fingerprint density at radius 2 is 1.62 bits per heavy atom. The van der Waals surface area contributed by atoms with Crippen LogP contribution in [0.15, 0.2) is 65.8 Å². The Balaban J connectivity index is 1.55. The Morgan fingerprint density at radius 3 is 2.25 bits per heavy atom. The number of rotatable bonds is 5. The Morgan fingerprint density at radius 1 is 0.958 bits per heavy atom. The Bertz CT molecular complexity index is 675. The molecule has 1 atom stereocenters. The van der Waals surface area contributed by atoms with Crippen LogP contribution >= 0.6 is 0 Å². The maximum Gasteiger partial charge on any atom is 0.142 e. The average Bonchev–Trinajstić information content (AvgIpc) is 2.68. The summed E-state index contributed by atoms with van der Waals surface area (Å²) in [5.41, 5.74) is 3.43. The van der Waals surface area contributed by atoms with E-state index >= 15 is 0 Å². The summed E-state index contributed by atoms with van der Waals surface area (Å²) in [6.45, 7) is 2.91. The molecule has 3 fully saturated rings. The van der Waals surface area contributed by atoms with E-state index in [-0.39, 0.29) is 0 Å². The molecule has 0 aromatic heterocycles. The molecule has 0 amide bonds. The van der Waals surface area contributed by atoms with Crippen molar-refractivity contribution in [3.63, 3.8) is 0 Å². The smallest absolute Gasteiger partial charge is 0.142 e. The van der Waals surface area contributed by atoms with Crippen molar-refractivity contribution in [1.82, 2.24) is 4.90 Å². The first-order valence-electron chi connectivity index (χ1n) is 8.93. The van der Waals surface area contributed by atoms with Crippen molar-refractivity contribution in [2.45, 2.75) is 31.9 Å². The van der Waals surface area contributed by atoms with E-state index in [1.165, 1.54) is 37.9 Å². The number of fused-ring (bicyclic) bond motifs is 3. The van der Waals surface area contributed by atoms with Gasteiger partial charge in [0.15, 0.2) is 0 Å². The van der Waals surface area contributed by atoms with Crippen molar-refractivity contribution in [2.24, 2.45) is 11.1 Å². The maximum atomic E-state index is 5.76. The minimum Gasteiger partial charge on any atom is -0.391 e. The van der Waals surface area contributed by atoms with Gasteiger partial charge in [-0.15, -0.1) is 0 Å². The van der Waals surface area contributed by atoms with Gasteiger partial charge in [0.25, 0.3) is 0 Å². The number of benzene rings is 2. The van der Waals surface area contributed by atoms with Gasteiger partial charge in [-0.2, -0.15) is 0 Å². The zero-order valence-electron chi connectivity index (χ0n) is 14.0. The summed E-state index contributed by atoms with van der Waals surface area (Å²) < 4.78 is 0. The first kappa shape index (κ1) is 15.4. The monoisotopic (exact) mass is 320 g/mol. The molecule has 0 saturated carbocycles. The van der Waals surface area contributed by atoms with E-state index in [1.807, 2.05) is 18.2 Å². The highest BCUT2D eigenvalue weighted by molar-refractivity contribution is 6.04. The lowest BCUT2D eigenvalue weighted by atomic mass is 9.80. The molecule has 124 valence electrons. The quantitative estimate of drug-likeness (QED) is 0.612. The lowest BCUT2D eigenvalue weighted by Gasteiger charge is -2.45. The minimum atomic E-state index is 0.399. The number of hydrogen-bond acceptors (Lipinski definition) is 3. The molecule has 0 radical (unpaired) electrons. The molecular weight excluding hydrogens is 296 g/mol. The molecule has 0 spiro atoms. The van der Waals surface area contributed by atoms with Gasteiger partial charge in [0.1, 0.15) is 12.3 Å². The van der Waals surface area contributed by atoms with Crippen LogP contribution in [-0.2, 0) is 11.4 Å². The minimum absolute atomic E-state index is 0.399. The number of nitrogens with zero attached hydrogens (tertiary/aromatic N) is 2. The molecule has 0 aliphatic carbocycles. The van der Waals surface area contributed by atoms with Crippen molar-refractivity contribution >= 4 is 5.71 Å². The van der Waals surface area contributed by atoms with Crippen LogP contribution in [0.25, 0.3) is 0 Å². The first-order valence-corrected chi connectivity index (χ1v) is 8.93. The molecule has 5 rings (SSSR count). The van der Waals surface area contributed by atoms with Gasteiger partial charge < -0.3 is 4.84 Å². The van der Waals surface area contributed by atoms with Crippen LogP contribution in [0.1, 0.15) is 30.4 Å². The van der Waals surface area contributed by atoms with Crippen molar-refractivity contribution in [3.05, 3.63) is 71.8 Å². The van der Waals surface area contributed by atoms with Crippen molar-refractivity contribution < 1.29 is 4.84 Å². The highest BCUT2D eigenvalue weighted by Gasteiger charge is 2.37. The Kier molecular flexibility index (Phi) is 4.61. The molecule has 3 heterocycles. The van der Waals surface area contributed by atoms with Gasteiger partial charge >= 0.3 is 0 Å². The summed E-state index contributed by atoms with van der Waals surface area (Å²) in [5.74, 6) is 0.850. The predicted molar refractivity (Wildman–Crippen MR) is 96.9 cm³/mol. The molecule has 1 unspecified atom stereocenters. The summed E-state index contributed by atoms with van der Waals surface area (Å²) >= 11 is 0. The maximum absolute atomic E-state index is 5.76. The van der Waals surface area contributed by atoms with E-state index in [2.05, 4.69) is 52.5 Å². The molecule has 2 aromatic rings. The summed E-state index contributed by atoms with van der Waals surface area (Å²) in [7, 11) is 0. The molecular formula is C21H24N2O. The van der Waals surface area contributed by atoms with Crippen LogP contribution in [0, 0.1) is 5.92 Å². The van der Waals surface area contributed by atoms with Crippen molar-refractivity contribution in [2.75, 3.05) is 13.1 Å². The van der Waals surface area contributed by atoms with Crippen LogP contribution in [0.5, 0.6) is 0 Å². The average molecular weight is 320 g/mol. The highest BCUT2D eigenvalue weighted by atomic mass is 16.6. The first-order chi connectivity index (χ1) is 11.9. The van der Waals surface area contributed by atoms with Gasteiger partial charge in [-0.05, 0) is 43.8 Å². The third-order valence-corrected chi connectivity index (χ3v) is 5.27. The molecule has 3 aliphatic heterocycles. The van der Waals surface area contributed by atoms with E-state index in [9.17, 15) is 0 Å². The van der Waals surface area contributed by atoms with Gasteiger partial charge in [-0.1, -0.05) is 65.8 Å². The third kappa shape index (κ3) is 3.36. The van der Waals surface area contributed by atoms with E-state index in [1.54, 1.807) is 0 Å². The zero-order chi connectivity index (χ0) is 16.2. The number of piperidine rings is 3. The van der Waals surface area contributed by atoms with Crippen LogP contribution in [0.3, 0.4) is 0 Å². The second-order valence-corrected chi connectivity index (χ2v) is 6.83. The van der Waals surface area contributed by atoms with E-state index in [0.29, 0.717) is 12.6 Å². The van der Waals surface area contributed by atoms with Gasteiger partial charge in [0, 0.05) is 5.56 Å². The van der Waals surface area contributed by atoms with E-state index in [0.717, 1.165) is 17.2 Å². The molecule has 2 bridgehead atoms. The second-order valence-electron chi connectivity index (χ2n) is 6.83. The van der Waals surface area contributed by atoms with Crippen LogP contribution in [-0.4, -0.2) is 29.7 Å². The molecule has 3 heteroatoms. The highest BCUT2D eigenvalue weighted by Crippen LogP contribution is 2.33. The lowest BCUT2D eigenvalue weighted by molar-refractivity contribution is 0.0762. The summed E-state index contributed by atoms with van der Waals surface area (Å²) in [6, 6.07) is 21.1. The molecule has 3 nitrogen and oxygen atoms in total. The molecule has 3 aliphatic rings. The Labute approximate surface area is 143 Å². The Hall–Kier alpha value is -2.13. The molecule has 24 heavy (non-hydrogen) atoms. The number of oxime groups is 1. The fourth-order valence-corrected chi connectivity index (χ4v) is 3.92. The van der Waals surface area contributed by atoms with Gasteiger partial charge in [-0.25, -0.2) is 0 Å². The summed E-state index contributed by atoms with van der Waals surface area (Å²) in [5, 5.41) is 4.61. The van der Waals surface area contributed by atoms with Crippen LogP contribution in [0.4, 0.5) is 0 Å². The molecule has 0 N–H and O–H groups in total. The summed E-state index contributed by atoms with van der Waals surface area (Å²) in [6.07, 6.45) is 3.88. The fourth-order valence-electron chi connectivity index (χ4n) is 3.92.